The molecule has 3 heterocycles. The number of hydrogen-bond donors (Lipinski definition) is 0. The van der Waals surface area contributed by atoms with E-state index >= 15 is 0 Å². The predicted molar refractivity (Wildman–Crippen MR) is 123 cm³/mol. The number of Topliss-reactive ketones (excluding diaryl/α,β-unsaturated/α-hetero) is 1. The molecule has 1 saturated carbocycles. The number of sulfone groups is 1. The Labute approximate surface area is 197 Å². The molecule has 0 spiro atoms. The molecular formula is C23H25N5O5S. The van der Waals surface area contributed by atoms with Gasteiger partial charge in [0.05, 0.1) is 59.7 Å². The van der Waals surface area contributed by atoms with Crippen LogP contribution in [0.3, 0.4) is 0 Å². The fourth-order valence-electron chi connectivity index (χ4n) is 3.44. The second-order valence-electron chi connectivity index (χ2n) is 7.91. The Morgan fingerprint density at radius 2 is 1.85 bits per heavy atom. The van der Waals surface area contributed by atoms with E-state index in [4.69, 9.17) is 9.47 Å². The van der Waals surface area contributed by atoms with E-state index in [0.717, 1.165) is 5.56 Å². The topological polar surface area (TPSA) is 134 Å². The lowest BCUT2D eigenvalue weighted by atomic mass is 10.1. The normalized spacial score (nSPS) is 14.5. The summed E-state index contributed by atoms with van der Waals surface area (Å²) in [6.45, 7) is 2.36. The maximum absolute atomic E-state index is 12.9. The highest BCUT2D eigenvalue weighted by molar-refractivity contribution is 7.91. The molecule has 1 unspecified atom stereocenters. The first-order valence-corrected chi connectivity index (χ1v) is 12.6. The van der Waals surface area contributed by atoms with E-state index in [9.17, 15) is 13.2 Å². The second kappa shape index (κ2) is 10.3. The Bertz CT molecular complexity index is 1260. The minimum atomic E-state index is -3.25. The highest BCUT2D eigenvalue weighted by Gasteiger charge is 2.36. The molecule has 3 aromatic heterocycles. The van der Waals surface area contributed by atoms with Gasteiger partial charge in [0, 0.05) is 30.8 Å². The number of aromatic nitrogens is 5. The van der Waals surface area contributed by atoms with Crippen molar-refractivity contribution in [3.8, 4) is 17.1 Å². The SMILES string of the molecule is CCOc1cncc(-c2ccc(CC(=O)C(OC)c3cncc(CS(=O)(=O)C4CC4)n3)nc2)n1. The van der Waals surface area contributed by atoms with Gasteiger partial charge in [0.25, 0.3) is 0 Å². The van der Waals surface area contributed by atoms with Crippen molar-refractivity contribution in [3.05, 3.63) is 60.2 Å². The largest absolute Gasteiger partial charge is 0.477 e. The Morgan fingerprint density at radius 3 is 2.53 bits per heavy atom. The van der Waals surface area contributed by atoms with Crippen LogP contribution in [0.4, 0.5) is 0 Å². The zero-order valence-electron chi connectivity index (χ0n) is 18.9. The first-order chi connectivity index (χ1) is 16.4. The average molecular weight is 484 g/mol. The molecule has 34 heavy (non-hydrogen) atoms. The minimum Gasteiger partial charge on any atom is -0.477 e. The van der Waals surface area contributed by atoms with Gasteiger partial charge in [0.2, 0.25) is 5.88 Å². The summed E-state index contributed by atoms with van der Waals surface area (Å²) < 4.78 is 35.3. The van der Waals surface area contributed by atoms with Crippen LogP contribution in [-0.2, 0) is 31.5 Å². The van der Waals surface area contributed by atoms with E-state index in [2.05, 4.69) is 24.9 Å². The van der Waals surface area contributed by atoms with Crippen LogP contribution < -0.4 is 4.74 Å². The number of rotatable bonds is 11. The van der Waals surface area contributed by atoms with Crippen LogP contribution >= 0.6 is 0 Å². The number of hydrogen-bond acceptors (Lipinski definition) is 10. The Hall–Kier alpha value is -3.31. The number of carbonyl (C=O) groups is 1. The molecule has 0 N–H and O–H groups in total. The summed E-state index contributed by atoms with van der Waals surface area (Å²) >= 11 is 0. The van der Waals surface area contributed by atoms with Crippen molar-refractivity contribution in [2.45, 2.75) is 43.3 Å². The molecule has 10 nitrogen and oxygen atoms in total. The third-order valence-corrected chi connectivity index (χ3v) is 7.45. The van der Waals surface area contributed by atoms with E-state index in [-0.39, 0.29) is 28.9 Å². The fraction of sp³-hybridized carbons (Fsp3) is 0.391. The van der Waals surface area contributed by atoms with Crippen molar-refractivity contribution < 1.29 is 22.7 Å². The third kappa shape index (κ3) is 5.78. The maximum atomic E-state index is 12.9. The fourth-order valence-corrected chi connectivity index (χ4v) is 5.09. The lowest BCUT2D eigenvalue weighted by molar-refractivity contribution is -0.128. The van der Waals surface area contributed by atoms with E-state index in [1.165, 1.54) is 25.7 Å². The van der Waals surface area contributed by atoms with Crippen LogP contribution in [0.25, 0.3) is 11.3 Å². The van der Waals surface area contributed by atoms with E-state index in [1.54, 1.807) is 24.5 Å². The van der Waals surface area contributed by atoms with Gasteiger partial charge in [0.1, 0.15) is 0 Å². The average Bonchev–Trinajstić information content (AvgIpc) is 3.67. The van der Waals surface area contributed by atoms with Gasteiger partial charge in [-0.05, 0) is 31.9 Å². The van der Waals surface area contributed by atoms with Gasteiger partial charge in [-0.3, -0.25) is 24.7 Å². The summed E-state index contributed by atoms with van der Waals surface area (Å²) in [5.74, 6) is -0.0349. The summed E-state index contributed by atoms with van der Waals surface area (Å²) in [4.78, 5) is 34.2. The zero-order valence-corrected chi connectivity index (χ0v) is 19.7. The van der Waals surface area contributed by atoms with Crippen LogP contribution in [0.2, 0.25) is 0 Å². The van der Waals surface area contributed by atoms with Crippen LogP contribution in [0, 0.1) is 0 Å². The van der Waals surface area contributed by atoms with Crippen molar-refractivity contribution in [3.63, 3.8) is 0 Å². The van der Waals surface area contributed by atoms with Crippen LogP contribution in [0.1, 0.15) is 43.0 Å². The Morgan fingerprint density at radius 1 is 1.06 bits per heavy atom. The van der Waals surface area contributed by atoms with Crippen LogP contribution in [0.5, 0.6) is 5.88 Å². The van der Waals surface area contributed by atoms with Gasteiger partial charge in [-0.1, -0.05) is 0 Å². The van der Waals surface area contributed by atoms with Gasteiger partial charge in [-0.25, -0.2) is 13.4 Å². The molecule has 1 aliphatic rings. The van der Waals surface area contributed by atoms with Gasteiger partial charge < -0.3 is 9.47 Å². The van der Waals surface area contributed by atoms with Crippen molar-refractivity contribution in [1.29, 1.82) is 0 Å². The zero-order chi connectivity index (χ0) is 24.1. The van der Waals surface area contributed by atoms with Crippen molar-refractivity contribution in [1.82, 2.24) is 24.9 Å². The number of ether oxygens (including phenoxy) is 2. The smallest absolute Gasteiger partial charge is 0.232 e. The third-order valence-electron chi connectivity index (χ3n) is 5.26. The lowest BCUT2D eigenvalue weighted by Crippen LogP contribution is -2.20. The molecule has 0 aromatic carbocycles. The Kier molecular flexibility index (Phi) is 7.23. The van der Waals surface area contributed by atoms with E-state index in [0.29, 0.717) is 42.4 Å². The van der Waals surface area contributed by atoms with Crippen molar-refractivity contribution in [2.24, 2.45) is 0 Å². The van der Waals surface area contributed by atoms with Crippen molar-refractivity contribution in [2.75, 3.05) is 13.7 Å². The molecule has 0 saturated heterocycles. The molecule has 178 valence electrons. The molecular weight excluding hydrogens is 458 g/mol. The maximum Gasteiger partial charge on any atom is 0.232 e. The highest BCUT2D eigenvalue weighted by Crippen LogP contribution is 2.30. The molecule has 1 fully saturated rings. The summed E-state index contributed by atoms with van der Waals surface area (Å²) in [5.41, 5.74) is 2.47. The summed E-state index contributed by atoms with van der Waals surface area (Å²) in [6, 6.07) is 3.54. The molecule has 1 atom stereocenters. The standard InChI is InChI=1S/C23H25N5O5S/c1-3-33-22-13-25-11-19(28-22)15-4-5-16(26-9-15)8-21(29)23(32-2)20-12-24-10-17(27-20)14-34(30,31)18-6-7-18/h4-5,9-13,18,23H,3,6-8,14H2,1-2H3. The number of nitrogens with zero attached hydrogens (tertiary/aromatic N) is 5. The number of pyridine rings is 1. The van der Waals surface area contributed by atoms with Gasteiger partial charge in [-0.15, -0.1) is 0 Å². The summed E-state index contributed by atoms with van der Waals surface area (Å²) in [7, 11) is -1.85. The highest BCUT2D eigenvalue weighted by atomic mass is 32.2. The number of ketones is 1. The first-order valence-electron chi connectivity index (χ1n) is 10.9. The van der Waals surface area contributed by atoms with Gasteiger partial charge >= 0.3 is 0 Å². The molecule has 0 amide bonds. The molecule has 3 aromatic rings. The van der Waals surface area contributed by atoms with E-state index < -0.39 is 15.9 Å². The second-order valence-corrected chi connectivity index (χ2v) is 10.2. The summed E-state index contributed by atoms with van der Waals surface area (Å²) in [6.07, 6.45) is 7.99. The quantitative estimate of drug-likeness (QED) is 0.400. The first kappa shape index (κ1) is 23.8. The predicted octanol–water partition coefficient (Wildman–Crippen LogP) is 2.30. The van der Waals surface area contributed by atoms with Gasteiger partial charge in [-0.2, -0.15) is 0 Å². The molecule has 0 bridgehead atoms. The molecule has 0 radical (unpaired) electrons. The minimum absolute atomic E-state index is 0.00965. The molecule has 0 aliphatic heterocycles. The lowest BCUT2D eigenvalue weighted by Gasteiger charge is -2.14. The molecule has 1 aliphatic carbocycles. The number of methoxy groups -OCH3 is 1. The van der Waals surface area contributed by atoms with Crippen molar-refractivity contribution >= 4 is 15.6 Å². The van der Waals surface area contributed by atoms with E-state index in [1.807, 2.05) is 6.92 Å². The summed E-state index contributed by atoms with van der Waals surface area (Å²) in [5, 5.41) is -0.292. The number of carbonyl (C=O) groups excluding carboxylic acids is 1. The van der Waals surface area contributed by atoms with Gasteiger partial charge in [0.15, 0.2) is 21.7 Å². The molecule has 11 heteroatoms. The molecule has 4 rings (SSSR count). The monoisotopic (exact) mass is 483 g/mol. The van der Waals surface area contributed by atoms with Crippen LogP contribution in [0.15, 0.2) is 43.1 Å². The van der Waals surface area contributed by atoms with Crippen LogP contribution in [-0.4, -0.2) is 58.1 Å². The Balaban J connectivity index is 1.45.